The molecule has 0 spiro atoms. The molecule has 2 unspecified atom stereocenters. The number of aliphatic imine (C=N–C) groups is 1. The topological polar surface area (TPSA) is 62.0 Å². The molecule has 0 aliphatic carbocycles. The van der Waals surface area contributed by atoms with Crippen molar-refractivity contribution in [1.82, 2.24) is 15.5 Å². The molecule has 2 aromatic rings. The Hall–Kier alpha value is -2.31. The van der Waals surface area contributed by atoms with Crippen molar-refractivity contribution in [3.8, 4) is 0 Å². The fourth-order valence-corrected chi connectivity index (χ4v) is 3.58. The summed E-state index contributed by atoms with van der Waals surface area (Å²) < 4.78 is 11.5. The van der Waals surface area contributed by atoms with Crippen LogP contribution >= 0.6 is 0 Å². The van der Waals surface area contributed by atoms with Crippen molar-refractivity contribution in [2.45, 2.75) is 32.7 Å². The Kier molecular flexibility index (Phi) is 8.14. The molecule has 0 saturated carbocycles. The number of furan rings is 1. The van der Waals surface area contributed by atoms with E-state index in [-0.39, 0.29) is 6.04 Å². The van der Waals surface area contributed by atoms with Gasteiger partial charge in [-0.05, 0) is 31.5 Å². The summed E-state index contributed by atoms with van der Waals surface area (Å²) in [5.41, 5.74) is 1.31. The summed E-state index contributed by atoms with van der Waals surface area (Å²) in [6.07, 6.45) is 0. The summed E-state index contributed by atoms with van der Waals surface area (Å²) in [5.74, 6) is 3.15. The fourth-order valence-electron chi connectivity index (χ4n) is 3.58. The van der Waals surface area contributed by atoms with Gasteiger partial charge in [-0.3, -0.25) is 9.89 Å². The van der Waals surface area contributed by atoms with Crippen LogP contribution in [0, 0.1) is 6.92 Å². The summed E-state index contributed by atoms with van der Waals surface area (Å²) >= 11 is 0. The largest absolute Gasteiger partial charge is 0.465 e. The maximum Gasteiger partial charge on any atom is 0.191 e. The second-order valence-electron chi connectivity index (χ2n) is 7.52. The molecule has 2 atom stereocenters. The van der Waals surface area contributed by atoms with E-state index in [1.807, 2.05) is 19.1 Å². The van der Waals surface area contributed by atoms with E-state index in [9.17, 15) is 0 Å². The highest BCUT2D eigenvalue weighted by Gasteiger charge is 2.25. The van der Waals surface area contributed by atoms with Crippen LogP contribution in [-0.2, 0) is 4.74 Å². The Morgan fingerprint density at radius 2 is 1.86 bits per heavy atom. The number of nitrogens with one attached hydrogen (secondary N) is 2. The second kappa shape index (κ2) is 11.0. The van der Waals surface area contributed by atoms with E-state index < -0.39 is 0 Å². The van der Waals surface area contributed by atoms with Gasteiger partial charge in [0.15, 0.2) is 5.96 Å². The van der Waals surface area contributed by atoms with Gasteiger partial charge >= 0.3 is 0 Å². The molecule has 0 amide bonds. The zero-order chi connectivity index (χ0) is 20.5. The lowest BCUT2D eigenvalue weighted by atomic mass is 10.0. The Morgan fingerprint density at radius 1 is 1.10 bits per heavy atom. The van der Waals surface area contributed by atoms with Crippen molar-refractivity contribution >= 4 is 5.96 Å². The molecule has 3 rings (SSSR count). The molecule has 6 nitrogen and oxygen atoms in total. The summed E-state index contributed by atoms with van der Waals surface area (Å²) in [6, 6.07) is 14.8. The van der Waals surface area contributed by atoms with Crippen molar-refractivity contribution in [3.05, 3.63) is 59.5 Å². The van der Waals surface area contributed by atoms with E-state index in [1.54, 1.807) is 0 Å². The van der Waals surface area contributed by atoms with Crippen molar-refractivity contribution in [2.24, 2.45) is 4.99 Å². The molecule has 1 aromatic heterocycles. The minimum absolute atomic E-state index is 0.156. The molecule has 0 bridgehead atoms. The van der Waals surface area contributed by atoms with Crippen LogP contribution in [0.4, 0.5) is 0 Å². The van der Waals surface area contributed by atoms with Crippen molar-refractivity contribution < 1.29 is 9.15 Å². The molecule has 0 radical (unpaired) electrons. The average molecular weight is 399 g/mol. The number of morpholine rings is 1. The number of benzene rings is 1. The smallest absolute Gasteiger partial charge is 0.191 e. The summed E-state index contributed by atoms with van der Waals surface area (Å²) in [6.45, 7) is 11.9. The molecule has 1 aromatic carbocycles. The van der Waals surface area contributed by atoms with Crippen molar-refractivity contribution in [2.75, 3.05) is 45.9 Å². The average Bonchev–Trinajstić information content (AvgIpc) is 3.19. The van der Waals surface area contributed by atoms with Crippen molar-refractivity contribution in [1.29, 1.82) is 0 Å². The minimum Gasteiger partial charge on any atom is -0.465 e. The van der Waals surface area contributed by atoms with E-state index in [0.29, 0.717) is 5.92 Å². The Balaban J connectivity index is 1.65. The SMILES string of the molecule is CCNC(=NCC(C)c1ccccc1)NCC(c1ccc(C)o1)N1CCOCC1. The number of ether oxygens (including phenoxy) is 1. The predicted octanol–water partition coefficient (Wildman–Crippen LogP) is 3.32. The lowest BCUT2D eigenvalue weighted by Crippen LogP contribution is -2.46. The van der Waals surface area contributed by atoms with Gasteiger partial charge in [0.25, 0.3) is 0 Å². The standard InChI is InChI=1S/C23H34N4O2/c1-4-24-23(25-16-18(2)20-8-6-5-7-9-20)26-17-21(22-11-10-19(3)29-22)27-12-14-28-15-13-27/h5-11,18,21H,4,12-17H2,1-3H3,(H2,24,25,26). The minimum atomic E-state index is 0.156. The van der Waals surface area contributed by atoms with Crippen LogP contribution in [0.25, 0.3) is 0 Å². The third kappa shape index (κ3) is 6.34. The first kappa shape index (κ1) is 21.4. The molecular weight excluding hydrogens is 364 g/mol. The number of nitrogens with zero attached hydrogens (tertiary/aromatic N) is 2. The lowest BCUT2D eigenvalue weighted by molar-refractivity contribution is 0.0124. The molecule has 2 N–H and O–H groups in total. The van der Waals surface area contributed by atoms with Crippen molar-refractivity contribution in [3.63, 3.8) is 0 Å². The zero-order valence-electron chi connectivity index (χ0n) is 17.9. The monoisotopic (exact) mass is 398 g/mol. The summed E-state index contributed by atoms with van der Waals surface area (Å²) in [7, 11) is 0. The highest BCUT2D eigenvalue weighted by molar-refractivity contribution is 5.79. The van der Waals surface area contributed by atoms with E-state index in [0.717, 1.165) is 63.4 Å². The van der Waals surface area contributed by atoms with Gasteiger partial charge in [0.1, 0.15) is 11.5 Å². The second-order valence-corrected chi connectivity index (χ2v) is 7.52. The highest BCUT2D eigenvalue weighted by atomic mass is 16.5. The van der Waals surface area contributed by atoms with Gasteiger partial charge < -0.3 is 19.8 Å². The van der Waals surface area contributed by atoms with Gasteiger partial charge in [0, 0.05) is 38.6 Å². The Bertz CT molecular complexity index is 753. The Labute approximate surface area is 174 Å². The fraction of sp³-hybridized carbons (Fsp3) is 0.522. The van der Waals surface area contributed by atoms with E-state index in [1.165, 1.54) is 5.56 Å². The predicted molar refractivity (Wildman–Crippen MR) is 117 cm³/mol. The van der Waals surface area contributed by atoms with Gasteiger partial charge in [0.2, 0.25) is 0 Å². The molecule has 29 heavy (non-hydrogen) atoms. The molecule has 158 valence electrons. The lowest BCUT2D eigenvalue weighted by Gasteiger charge is -2.33. The normalized spacial score (nSPS) is 17.7. The maximum absolute atomic E-state index is 5.96. The number of rotatable bonds is 8. The van der Waals surface area contributed by atoms with E-state index in [2.05, 4.69) is 59.7 Å². The van der Waals surface area contributed by atoms with Crippen LogP contribution in [0.5, 0.6) is 0 Å². The molecule has 2 heterocycles. The molecule has 6 heteroatoms. The first-order chi connectivity index (χ1) is 14.2. The third-order valence-electron chi connectivity index (χ3n) is 5.27. The van der Waals surface area contributed by atoms with Gasteiger partial charge in [-0.1, -0.05) is 37.3 Å². The van der Waals surface area contributed by atoms with Gasteiger partial charge in [-0.2, -0.15) is 0 Å². The number of hydrogen-bond donors (Lipinski definition) is 2. The summed E-state index contributed by atoms with van der Waals surface area (Å²) in [4.78, 5) is 7.25. The van der Waals surface area contributed by atoms with E-state index in [4.69, 9.17) is 14.1 Å². The summed E-state index contributed by atoms with van der Waals surface area (Å²) in [5, 5.41) is 6.90. The van der Waals surface area contributed by atoms with Gasteiger partial charge in [-0.15, -0.1) is 0 Å². The first-order valence-corrected chi connectivity index (χ1v) is 10.6. The number of guanidine groups is 1. The number of aryl methyl sites for hydroxylation is 1. The van der Waals surface area contributed by atoms with Crippen LogP contribution in [0.3, 0.4) is 0 Å². The maximum atomic E-state index is 5.96. The van der Waals surface area contributed by atoms with Gasteiger partial charge in [0.05, 0.1) is 19.3 Å². The molecule has 1 saturated heterocycles. The number of hydrogen-bond acceptors (Lipinski definition) is 4. The van der Waals surface area contributed by atoms with Gasteiger partial charge in [-0.25, -0.2) is 0 Å². The molecule has 1 fully saturated rings. The van der Waals surface area contributed by atoms with Crippen LogP contribution in [0.1, 0.15) is 42.9 Å². The van der Waals surface area contributed by atoms with E-state index >= 15 is 0 Å². The van der Waals surface area contributed by atoms with Crippen LogP contribution < -0.4 is 10.6 Å². The molecule has 1 aliphatic heterocycles. The van der Waals surface area contributed by atoms with Crippen LogP contribution in [-0.4, -0.2) is 56.8 Å². The highest BCUT2D eigenvalue weighted by Crippen LogP contribution is 2.23. The zero-order valence-corrected chi connectivity index (χ0v) is 17.9. The Morgan fingerprint density at radius 3 is 2.52 bits per heavy atom. The molecule has 1 aliphatic rings. The quantitative estimate of drug-likeness (QED) is 0.528. The molecular formula is C23H34N4O2. The van der Waals surface area contributed by atoms with Crippen LogP contribution in [0.2, 0.25) is 0 Å². The first-order valence-electron chi connectivity index (χ1n) is 10.6. The van der Waals surface area contributed by atoms with Crippen LogP contribution in [0.15, 0.2) is 51.9 Å². The third-order valence-corrected chi connectivity index (χ3v) is 5.27.